The number of aliphatic carboxylic acids is 1. The van der Waals surface area contributed by atoms with Gasteiger partial charge >= 0.3 is 12.3 Å². The first-order valence-corrected chi connectivity index (χ1v) is 5.39. The summed E-state index contributed by atoms with van der Waals surface area (Å²) in [5.41, 5.74) is 0. The number of carboxylic acids is 1. The molecule has 0 aliphatic heterocycles. The summed E-state index contributed by atoms with van der Waals surface area (Å²) in [5, 5.41) is 8.46. The van der Waals surface area contributed by atoms with E-state index in [1.54, 1.807) is 4.90 Å². The summed E-state index contributed by atoms with van der Waals surface area (Å²) < 4.78 is 38.9. The molecule has 0 fully saturated rings. The molecule has 0 aromatic heterocycles. The molecule has 0 aromatic rings. The van der Waals surface area contributed by atoms with E-state index in [0.717, 1.165) is 0 Å². The predicted octanol–water partition coefficient (Wildman–Crippen LogP) is 2.10. The summed E-state index contributed by atoms with van der Waals surface area (Å²) in [6.07, 6.45) is -4.17. The molecule has 17 heavy (non-hydrogen) atoms. The Morgan fingerprint density at radius 2 is 1.94 bits per heavy atom. The minimum absolute atomic E-state index is 0.0172. The van der Waals surface area contributed by atoms with Crippen LogP contribution in [0.4, 0.5) is 13.2 Å². The Balaban J connectivity index is 3.87. The van der Waals surface area contributed by atoms with Crippen LogP contribution in [0.15, 0.2) is 0 Å². The smallest absolute Gasteiger partial charge is 0.481 e. The molecule has 0 amide bonds. The van der Waals surface area contributed by atoms with Gasteiger partial charge < -0.3 is 5.11 Å². The van der Waals surface area contributed by atoms with Crippen LogP contribution in [0.2, 0.25) is 0 Å². The largest absolute Gasteiger partial charge is 0.522 e. The fraction of sp³-hybridized carbons (Fsp3) is 0.900. The molecule has 0 atom stereocenters. The number of carbonyl (C=O) groups is 1. The van der Waals surface area contributed by atoms with Gasteiger partial charge in [-0.1, -0.05) is 0 Å². The molecule has 0 aliphatic carbocycles. The van der Waals surface area contributed by atoms with Crippen LogP contribution in [-0.4, -0.2) is 48.1 Å². The second kappa shape index (κ2) is 7.50. The van der Waals surface area contributed by atoms with E-state index in [9.17, 15) is 18.0 Å². The fourth-order valence-electron chi connectivity index (χ4n) is 1.34. The van der Waals surface area contributed by atoms with Crippen molar-refractivity contribution < 1.29 is 27.8 Å². The Hall–Kier alpha value is -0.820. The van der Waals surface area contributed by atoms with Gasteiger partial charge in [0.05, 0.1) is 6.61 Å². The van der Waals surface area contributed by atoms with Gasteiger partial charge in [-0.05, 0) is 26.8 Å². The van der Waals surface area contributed by atoms with E-state index in [4.69, 9.17) is 5.11 Å². The van der Waals surface area contributed by atoms with Gasteiger partial charge in [0.25, 0.3) is 0 Å². The van der Waals surface area contributed by atoms with Crippen LogP contribution in [0.3, 0.4) is 0 Å². The number of halogens is 3. The molecule has 0 aromatic carbocycles. The van der Waals surface area contributed by atoms with E-state index in [0.29, 0.717) is 13.0 Å². The monoisotopic (exact) mass is 257 g/mol. The quantitative estimate of drug-likeness (QED) is 0.723. The van der Waals surface area contributed by atoms with Crippen LogP contribution in [0.5, 0.6) is 0 Å². The van der Waals surface area contributed by atoms with Crippen LogP contribution < -0.4 is 0 Å². The van der Waals surface area contributed by atoms with Crippen LogP contribution in [0.1, 0.15) is 26.7 Å². The first kappa shape index (κ1) is 16.2. The van der Waals surface area contributed by atoms with Gasteiger partial charge in [0.2, 0.25) is 0 Å². The first-order valence-electron chi connectivity index (χ1n) is 5.39. The third-order valence-corrected chi connectivity index (χ3v) is 2.21. The molecule has 1 N–H and O–H groups in total. The lowest BCUT2D eigenvalue weighted by Crippen LogP contribution is -2.36. The van der Waals surface area contributed by atoms with E-state index < -0.39 is 18.9 Å². The van der Waals surface area contributed by atoms with Gasteiger partial charge in [-0.25, -0.2) is 0 Å². The van der Waals surface area contributed by atoms with Crippen molar-refractivity contribution in [2.75, 3.05) is 19.7 Å². The van der Waals surface area contributed by atoms with Gasteiger partial charge in [-0.15, -0.1) is 13.2 Å². The molecule has 0 radical (unpaired) electrons. The van der Waals surface area contributed by atoms with Gasteiger partial charge in [0.15, 0.2) is 0 Å². The molecule has 0 unspecified atom stereocenters. The van der Waals surface area contributed by atoms with Crippen molar-refractivity contribution in [3.05, 3.63) is 0 Å². The third-order valence-electron chi connectivity index (χ3n) is 2.21. The molecule has 0 saturated heterocycles. The highest BCUT2D eigenvalue weighted by atomic mass is 19.4. The zero-order chi connectivity index (χ0) is 13.5. The maximum atomic E-state index is 11.7. The van der Waals surface area contributed by atoms with Crippen molar-refractivity contribution >= 4 is 5.97 Å². The second-order valence-corrected chi connectivity index (χ2v) is 3.92. The lowest BCUT2D eigenvalue weighted by Gasteiger charge is -2.26. The zero-order valence-electron chi connectivity index (χ0n) is 9.96. The van der Waals surface area contributed by atoms with Crippen LogP contribution in [0, 0.1) is 0 Å². The summed E-state index contributed by atoms with van der Waals surface area (Å²) in [5.74, 6) is -0.903. The Labute approximate surface area is 98.3 Å². The second-order valence-electron chi connectivity index (χ2n) is 3.92. The zero-order valence-corrected chi connectivity index (χ0v) is 9.96. The third kappa shape index (κ3) is 10.1. The van der Waals surface area contributed by atoms with Gasteiger partial charge in [0, 0.05) is 19.0 Å². The maximum Gasteiger partial charge on any atom is 0.522 e. The molecule has 7 heteroatoms. The minimum Gasteiger partial charge on any atom is -0.481 e. The average Bonchev–Trinajstić information content (AvgIpc) is 2.12. The van der Waals surface area contributed by atoms with E-state index >= 15 is 0 Å². The Bertz CT molecular complexity index is 231. The van der Waals surface area contributed by atoms with E-state index in [1.165, 1.54) is 0 Å². The molecule has 102 valence electrons. The van der Waals surface area contributed by atoms with Crippen LogP contribution >= 0.6 is 0 Å². The highest BCUT2D eigenvalue weighted by Crippen LogP contribution is 2.16. The lowest BCUT2D eigenvalue weighted by atomic mass is 10.2. The van der Waals surface area contributed by atoms with Crippen molar-refractivity contribution in [1.82, 2.24) is 4.90 Å². The Morgan fingerprint density at radius 3 is 2.35 bits per heavy atom. The SMILES string of the molecule is CC(C)N(CCCC(=O)O)CCOC(F)(F)F. The molecule has 0 heterocycles. The van der Waals surface area contributed by atoms with E-state index in [1.807, 2.05) is 13.8 Å². The van der Waals surface area contributed by atoms with E-state index in [-0.39, 0.29) is 19.0 Å². The minimum atomic E-state index is -4.61. The summed E-state index contributed by atoms with van der Waals surface area (Å²) in [6.45, 7) is 3.83. The molecular formula is C10H18F3NO3. The number of ether oxygens (including phenoxy) is 1. The lowest BCUT2D eigenvalue weighted by molar-refractivity contribution is -0.325. The number of hydrogen-bond donors (Lipinski definition) is 1. The normalized spacial score (nSPS) is 12.4. The molecule has 0 bridgehead atoms. The number of hydrogen-bond acceptors (Lipinski definition) is 3. The van der Waals surface area contributed by atoms with Crippen molar-refractivity contribution in [3.8, 4) is 0 Å². The number of nitrogens with zero attached hydrogens (tertiary/aromatic N) is 1. The van der Waals surface area contributed by atoms with Crippen molar-refractivity contribution in [2.24, 2.45) is 0 Å². The maximum absolute atomic E-state index is 11.7. The summed E-state index contributed by atoms with van der Waals surface area (Å²) >= 11 is 0. The highest BCUT2D eigenvalue weighted by Gasteiger charge is 2.29. The molecular weight excluding hydrogens is 239 g/mol. The van der Waals surface area contributed by atoms with Gasteiger partial charge in [-0.2, -0.15) is 0 Å². The topological polar surface area (TPSA) is 49.8 Å². The van der Waals surface area contributed by atoms with Gasteiger partial charge in [-0.3, -0.25) is 14.4 Å². The summed E-state index contributed by atoms with van der Waals surface area (Å²) in [7, 11) is 0. The fourth-order valence-corrected chi connectivity index (χ4v) is 1.34. The van der Waals surface area contributed by atoms with Gasteiger partial charge in [0.1, 0.15) is 0 Å². The highest BCUT2D eigenvalue weighted by molar-refractivity contribution is 5.66. The van der Waals surface area contributed by atoms with Crippen molar-refractivity contribution in [2.45, 2.75) is 39.1 Å². The molecule has 0 rings (SSSR count). The first-order chi connectivity index (χ1) is 7.72. The number of carboxylic acid groups (broad SMARTS) is 1. The standard InChI is InChI=1S/C10H18F3NO3/c1-8(2)14(5-3-4-9(15)16)6-7-17-10(11,12)13/h8H,3-7H2,1-2H3,(H,15,16). The number of alkyl halides is 3. The summed E-state index contributed by atoms with van der Waals surface area (Å²) in [4.78, 5) is 12.1. The molecule has 0 saturated carbocycles. The average molecular weight is 257 g/mol. The predicted molar refractivity (Wildman–Crippen MR) is 55.6 cm³/mol. The Kier molecular flexibility index (Phi) is 7.13. The molecule has 0 spiro atoms. The van der Waals surface area contributed by atoms with Crippen molar-refractivity contribution in [1.29, 1.82) is 0 Å². The Morgan fingerprint density at radius 1 is 1.35 bits per heavy atom. The van der Waals surface area contributed by atoms with Crippen LogP contribution in [0.25, 0.3) is 0 Å². The summed E-state index contributed by atoms with van der Waals surface area (Å²) in [6, 6.07) is 0.0561. The van der Waals surface area contributed by atoms with Crippen molar-refractivity contribution in [3.63, 3.8) is 0 Å². The van der Waals surface area contributed by atoms with E-state index in [2.05, 4.69) is 4.74 Å². The number of rotatable bonds is 8. The molecule has 4 nitrogen and oxygen atoms in total. The van der Waals surface area contributed by atoms with Crippen LogP contribution in [-0.2, 0) is 9.53 Å². The molecule has 0 aliphatic rings.